The van der Waals surface area contributed by atoms with E-state index in [1.165, 1.54) is 19.0 Å². The third kappa shape index (κ3) is 3.23. The van der Waals surface area contributed by atoms with Crippen LogP contribution in [0, 0.1) is 6.92 Å². The zero-order valence-electron chi connectivity index (χ0n) is 9.44. The van der Waals surface area contributed by atoms with Gasteiger partial charge < -0.3 is 4.90 Å². The second-order valence-corrected chi connectivity index (χ2v) is 3.50. The maximum absolute atomic E-state index is 11.2. The molecule has 2 amide bonds. The lowest BCUT2D eigenvalue weighted by atomic mass is 10.3. The van der Waals surface area contributed by atoms with Gasteiger partial charge in [-0.25, -0.2) is 4.98 Å². The summed E-state index contributed by atoms with van der Waals surface area (Å²) < 4.78 is 0. The number of hydrogen-bond donors (Lipinski definition) is 2. The molecule has 0 fully saturated rings. The second kappa shape index (κ2) is 5.11. The van der Waals surface area contributed by atoms with Crippen LogP contribution in [0.1, 0.15) is 5.56 Å². The quantitative estimate of drug-likeness (QED) is 0.542. The fraction of sp³-hybridized carbons (Fsp3) is 0.300. The third-order valence-electron chi connectivity index (χ3n) is 1.82. The smallest absolute Gasteiger partial charge is 0.327 e. The summed E-state index contributed by atoms with van der Waals surface area (Å²) in [7, 11) is 3.01. The number of hydrogen-bond acceptors (Lipinski definition) is 4. The summed E-state index contributed by atoms with van der Waals surface area (Å²) in [5, 5.41) is 0. The lowest BCUT2D eigenvalue weighted by Crippen LogP contribution is -2.41. The van der Waals surface area contributed by atoms with Gasteiger partial charge in [-0.05, 0) is 18.6 Å². The van der Waals surface area contributed by atoms with Crippen molar-refractivity contribution in [1.29, 1.82) is 0 Å². The zero-order chi connectivity index (χ0) is 12.1. The number of aryl methyl sites for hydroxylation is 1. The highest BCUT2D eigenvalue weighted by atomic mass is 16.2. The van der Waals surface area contributed by atoms with Crippen LogP contribution < -0.4 is 10.9 Å². The van der Waals surface area contributed by atoms with Crippen molar-refractivity contribution in [1.82, 2.24) is 15.3 Å². The van der Waals surface area contributed by atoms with E-state index in [1.807, 2.05) is 13.0 Å². The van der Waals surface area contributed by atoms with Crippen molar-refractivity contribution >= 4 is 17.6 Å². The number of nitrogens with zero attached hydrogens (tertiary/aromatic N) is 2. The van der Waals surface area contributed by atoms with Crippen LogP contribution in [0.4, 0.5) is 5.82 Å². The van der Waals surface area contributed by atoms with Crippen LogP contribution in [0.15, 0.2) is 18.3 Å². The normalized spacial score (nSPS) is 9.44. The van der Waals surface area contributed by atoms with E-state index in [0.29, 0.717) is 5.82 Å². The van der Waals surface area contributed by atoms with E-state index in [1.54, 1.807) is 12.3 Å². The molecule has 0 saturated heterocycles. The summed E-state index contributed by atoms with van der Waals surface area (Å²) in [6.45, 7) is 1.91. The molecule has 0 saturated carbocycles. The highest BCUT2D eigenvalue weighted by molar-refractivity contribution is 6.35. The molecule has 0 aliphatic heterocycles. The number of rotatable bonds is 2. The number of pyridine rings is 1. The molecule has 1 rings (SSSR count). The SMILES string of the molecule is Cc1ccc(NNC(=O)C(=O)N(C)C)nc1. The van der Waals surface area contributed by atoms with Crippen LogP contribution in [0.5, 0.6) is 0 Å². The van der Waals surface area contributed by atoms with E-state index in [-0.39, 0.29) is 0 Å². The number of nitrogens with one attached hydrogen (secondary N) is 2. The van der Waals surface area contributed by atoms with Crippen molar-refractivity contribution in [3.8, 4) is 0 Å². The predicted molar refractivity (Wildman–Crippen MR) is 59.4 cm³/mol. The molecular formula is C10H14N4O2. The molecule has 2 N–H and O–H groups in total. The average Bonchev–Trinajstić information content (AvgIpc) is 2.26. The van der Waals surface area contributed by atoms with Crippen LogP contribution >= 0.6 is 0 Å². The Kier molecular flexibility index (Phi) is 3.82. The molecule has 1 aromatic rings. The maximum Gasteiger partial charge on any atom is 0.327 e. The Morgan fingerprint density at radius 3 is 2.50 bits per heavy atom. The maximum atomic E-state index is 11.2. The van der Waals surface area contributed by atoms with Gasteiger partial charge in [0.1, 0.15) is 5.82 Å². The van der Waals surface area contributed by atoms with Gasteiger partial charge in [0, 0.05) is 20.3 Å². The molecule has 1 aromatic heterocycles. The van der Waals surface area contributed by atoms with Gasteiger partial charge in [-0.1, -0.05) is 6.07 Å². The first-order chi connectivity index (χ1) is 7.50. The lowest BCUT2D eigenvalue weighted by Gasteiger charge is -2.11. The van der Waals surface area contributed by atoms with E-state index >= 15 is 0 Å². The topological polar surface area (TPSA) is 74.3 Å². The summed E-state index contributed by atoms with van der Waals surface area (Å²) >= 11 is 0. The highest BCUT2D eigenvalue weighted by Gasteiger charge is 2.14. The number of likely N-dealkylation sites (N-methyl/N-ethyl adjacent to an activating group) is 1. The Balaban J connectivity index is 2.49. The monoisotopic (exact) mass is 222 g/mol. The van der Waals surface area contributed by atoms with Gasteiger partial charge in [-0.3, -0.25) is 20.4 Å². The van der Waals surface area contributed by atoms with Crippen molar-refractivity contribution in [2.45, 2.75) is 6.92 Å². The number of amides is 2. The molecular weight excluding hydrogens is 208 g/mol. The van der Waals surface area contributed by atoms with Gasteiger partial charge in [-0.15, -0.1) is 0 Å². The van der Waals surface area contributed by atoms with E-state index in [9.17, 15) is 9.59 Å². The number of carbonyl (C=O) groups excluding carboxylic acids is 2. The number of aromatic nitrogens is 1. The zero-order valence-corrected chi connectivity index (χ0v) is 9.44. The van der Waals surface area contributed by atoms with E-state index in [2.05, 4.69) is 15.8 Å². The van der Waals surface area contributed by atoms with E-state index < -0.39 is 11.8 Å². The highest BCUT2D eigenvalue weighted by Crippen LogP contribution is 2.01. The fourth-order valence-corrected chi connectivity index (χ4v) is 0.919. The van der Waals surface area contributed by atoms with Crippen molar-refractivity contribution in [3.05, 3.63) is 23.9 Å². The standard InChI is InChI=1S/C10H14N4O2/c1-7-4-5-8(11-6-7)12-13-9(15)10(16)14(2)3/h4-6H,1-3H3,(H,11,12)(H,13,15). The molecule has 0 spiro atoms. The van der Waals surface area contributed by atoms with Gasteiger partial charge in [0.05, 0.1) is 0 Å². The van der Waals surface area contributed by atoms with Gasteiger partial charge in [-0.2, -0.15) is 0 Å². The van der Waals surface area contributed by atoms with Crippen molar-refractivity contribution in [2.24, 2.45) is 0 Å². The summed E-state index contributed by atoms with van der Waals surface area (Å²) in [6.07, 6.45) is 1.66. The van der Waals surface area contributed by atoms with Crippen molar-refractivity contribution in [2.75, 3.05) is 19.5 Å². The second-order valence-electron chi connectivity index (χ2n) is 3.50. The van der Waals surface area contributed by atoms with Crippen LogP contribution in [0.25, 0.3) is 0 Å². The molecule has 1 heterocycles. The van der Waals surface area contributed by atoms with Crippen LogP contribution in [-0.2, 0) is 9.59 Å². The average molecular weight is 222 g/mol. The summed E-state index contributed by atoms with van der Waals surface area (Å²) in [4.78, 5) is 27.6. The van der Waals surface area contributed by atoms with Crippen molar-refractivity contribution < 1.29 is 9.59 Å². The van der Waals surface area contributed by atoms with E-state index in [0.717, 1.165) is 5.56 Å². The molecule has 6 nitrogen and oxygen atoms in total. The molecule has 0 aliphatic rings. The minimum atomic E-state index is -0.729. The molecule has 0 aromatic carbocycles. The van der Waals surface area contributed by atoms with Gasteiger partial charge in [0.2, 0.25) is 0 Å². The Morgan fingerprint density at radius 1 is 1.31 bits per heavy atom. The van der Waals surface area contributed by atoms with Crippen LogP contribution in [-0.4, -0.2) is 35.8 Å². The fourth-order valence-electron chi connectivity index (χ4n) is 0.919. The predicted octanol–water partition coefficient (Wildman–Crippen LogP) is -0.0787. The number of carbonyl (C=O) groups is 2. The molecule has 16 heavy (non-hydrogen) atoms. The Labute approximate surface area is 93.6 Å². The van der Waals surface area contributed by atoms with E-state index in [4.69, 9.17) is 0 Å². The Hall–Kier alpha value is -2.11. The summed E-state index contributed by atoms with van der Waals surface area (Å²) in [5.74, 6) is -0.877. The van der Waals surface area contributed by atoms with Crippen molar-refractivity contribution in [3.63, 3.8) is 0 Å². The molecule has 86 valence electrons. The molecule has 0 aliphatic carbocycles. The largest absolute Gasteiger partial charge is 0.341 e. The summed E-state index contributed by atoms with van der Waals surface area (Å²) in [5.41, 5.74) is 5.82. The molecule has 0 atom stereocenters. The van der Waals surface area contributed by atoms with Gasteiger partial charge in [0.15, 0.2) is 0 Å². The minimum absolute atomic E-state index is 0.477. The number of anilines is 1. The number of hydrazine groups is 1. The van der Waals surface area contributed by atoms with Gasteiger partial charge in [0.25, 0.3) is 0 Å². The molecule has 6 heteroatoms. The minimum Gasteiger partial charge on any atom is -0.341 e. The first-order valence-corrected chi connectivity index (χ1v) is 4.71. The first-order valence-electron chi connectivity index (χ1n) is 4.71. The lowest BCUT2D eigenvalue weighted by molar-refractivity contribution is -0.143. The van der Waals surface area contributed by atoms with Gasteiger partial charge >= 0.3 is 11.8 Å². The van der Waals surface area contributed by atoms with Crippen LogP contribution in [0.2, 0.25) is 0 Å². The summed E-state index contributed by atoms with van der Waals surface area (Å²) in [6, 6.07) is 3.55. The Bertz CT molecular complexity index is 386. The Morgan fingerprint density at radius 2 is 2.00 bits per heavy atom. The first kappa shape index (κ1) is 12.0. The third-order valence-corrected chi connectivity index (χ3v) is 1.82. The molecule has 0 radical (unpaired) electrons. The van der Waals surface area contributed by atoms with Crippen LogP contribution in [0.3, 0.4) is 0 Å². The molecule has 0 unspecified atom stereocenters. The molecule has 0 bridgehead atoms.